The number of hydrogen-bond donors (Lipinski definition) is 4. The van der Waals surface area contributed by atoms with E-state index in [1.807, 2.05) is 6.92 Å². The van der Waals surface area contributed by atoms with Gasteiger partial charge in [-0.25, -0.2) is 4.79 Å². The van der Waals surface area contributed by atoms with Gasteiger partial charge in [-0.15, -0.1) is 0 Å². The van der Waals surface area contributed by atoms with Crippen LogP contribution in [0.5, 0.6) is 0 Å². The monoisotopic (exact) mass is 466 g/mol. The standard InChI is InChI=1S/C23H30O10/c1-8-5-14(30-11(4)25)17-10(3)22(29)33-21(17)16-9(2)13(6-12(8)16)31-23-20(28)19(27)18(26)15(7-24)32-23/h12,14-21,23-24,26-28H,1,3,5-7H2,2,4H3/t12-,14+,15+,16-,17+,18+,19-,20-,21+,23+/m0/s1. The molecule has 4 aliphatic rings. The number of allylic oxidation sites excluding steroid dienone is 1. The fourth-order valence-electron chi connectivity index (χ4n) is 5.50. The quantitative estimate of drug-likeness (QED) is 0.247. The number of carbonyl (C=O) groups excluding carboxylic acids is 2. The van der Waals surface area contributed by atoms with Crippen LogP contribution >= 0.6 is 0 Å². The molecule has 2 saturated heterocycles. The average Bonchev–Trinajstić information content (AvgIpc) is 3.19. The molecule has 3 fully saturated rings. The lowest BCUT2D eigenvalue weighted by molar-refractivity contribution is -0.292. The van der Waals surface area contributed by atoms with Crippen molar-refractivity contribution in [2.75, 3.05) is 6.61 Å². The summed E-state index contributed by atoms with van der Waals surface area (Å²) in [7, 11) is 0. The lowest BCUT2D eigenvalue weighted by Gasteiger charge is -2.40. The highest BCUT2D eigenvalue weighted by molar-refractivity contribution is 5.91. The molecule has 0 amide bonds. The van der Waals surface area contributed by atoms with Gasteiger partial charge < -0.3 is 39.4 Å². The zero-order valence-electron chi connectivity index (χ0n) is 18.5. The van der Waals surface area contributed by atoms with Gasteiger partial charge in [-0.05, 0) is 18.4 Å². The van der Waals surface area contributed by atoms with Gasteiger partial charge in [0.15, 0.2) is 0 Å². The molecule has 0 aromatic heterocycles. The summed E-state index contributed by atoms with van der Waals surface area (Å²) in [5.74, 6) is -1.56. The van der Waals surface area contributed by atoms with Crippen LogP contribution in [-0.4, -0.2) is 81.9 Å². The fourth-order valence-corrected chi connectivity index (χ4v) is 5.50. The number of rotatable bonds is 4. The van der Waals surface area contributed by atoms with Gasteiger partial charge in [-0.2, -0.15) is 0 Å². The van der Waals surface area contributed by atoms with Crippen LogP contribution in [0.4, 0.5) is 0 Å². The molecule has 1 saturated carbocycles. The Morgan fingerprint density at radius 3 is 2.45 bits per heavy atom. The average molecular weight is 466 g/mol. The molecule has 2 aliphatic heterocycles. The lowest BCUT2D eigenvalue weighted by Crippen LogP contribution is -2.59. The number of aliphatic hydroxyl groups excluding tert-OH is 4. The number of carbonyl (C=O) groups is 2. The van der Waals surface area contributed by atoms with E-state index in [0.717, 1.165) is 11.1 Å². The van der Waals surface area contributed by atoms with E-state index < -0.39 is 67.4 Å². The van der Waals surface area contributed by atoms with Crippen LogP contribution in [0, 0.1) is 17.8 Å². The molecule has 10 heteroatoms. The molecule has 182 valence electrons. The van der Waals surface area contributed by atoms with Crippen LogP contribution < -0.4 is 0 Å². The molecule has 2 aliphatic carbocycles. The summed E-state index contributed by atoms with van der Waals surface area (Å²) in [6, 6.07) is 0. The summed E-state index contributed by atoms with van der Waals surface area (Å²) < 4.78 is 22.6. The number of hydrogen-bond acceptors (Lipinski definition) is 10. The molecule has 4 rings (SSSR count). The SMILES string of the molecule is C=C1C(=O)O[C@@H]2[C@H]3C(C)=C(O[C@@H]4O[C@H](CO)[C@@H](O)[C@H](O)[C@@H]4O)C[C@H]3C(=C)C[C@@H](OC(C)=O)[C@@H]12. The summed E-state index contributed by atoms with van der Waals surface area (Å²) >= 11 is 0. The number of ether oxygens (including phenoxy) is 4. The van der Waals surface area contributed by atoms with E-state index in [4.69, 9.17) is 18.9 Å². The van der Waals surface area contributed by atoms with Gasteiger partial charge in [0, 0.05) is 31.3 Å². The first kappa shape index (κ1) is 23.9. The maximum Gasteiger partial charge on any atom is 0.334 e. The molecular formula is C23H30O10. The van der Waals surface area contributed by atoms with Crippen LogP contribution in [0.15, 0.2) is 35.6 Å². The van der Waals surface area contributed by atoms with E-state index in [1.54, 1.807) is 0 Å². The van der Waals surface area contributed by atoms with Gasteiger partial charge in [0.25, 0.3) is 0 Å². The molecular weight excluding hydrogens is 436 g/mol. The normalized spacial score (nSPS) is 43.0. The molecule has 0 spiro atoms. The molecule has 0 aromatic rings. The Labute approximate surface area is 191 Å². The van der Waals surface area contributed by atoms with Gasteiger partial charge in [0.05, 0.1) is 18.3 Å². The minimum Gasteiger partial charge on any atom is -0.466 e. The van der Waals surface area contributed by atoms with Crippen LogP contribution in [0.3, 0.4) is 0 Å². The zero-order chi connectivity index (χ0) is 24.2. The number of fused-ring (bicyclic) bond motifs is 3. The van der Waals surface area contributed by atoms with Crippen molar-refractivity contribution in [1.29, 1.82) is 0 Å². The van der Waals surface area contributed by atoms with E-state index in [-0.39, 0.29) is 17.4 Å². The van der Waals surface area contributed by atoms with Crippen LogP contribution in [-0.2, 0) is 28.5 Å². The predicted molar refractivity (Wildman–Crippen MR) is 111 cm³/mol. The number of esters is 2. The van der Waals surface area contributed by atoms with Crippen molar-refractivity contribution in [2.45, 2.75) is 69.6 Å². The van der Waals surface area contributed by atoms with Crippen LogP contribution in [0.2, 0.25) is 0 Å². The molecule has 10 nitrogen and oxygen atoms in total. The maximum absolute atomic E-state index is 12.4. The van der Waals surface area contributed by atoms with Gasteiger partial charge in [0.1, 0.15) is 36.6 Å². The molecule has 33 heavy (non-hydrogen) atoms. The molecule has 0 radical (unpaired) electrons. The van der Waals surface area contributed by atoms with Gasteiger partial charge in [-0.3, -0.25) is 4.79 Å². The third kappa shape index (κ3) is 4.00. The molecule has 0 unspecified atom stereocenters. The van der Waals surface area contributed by atoms with E-state index in [0.29, 0.717) is 18.6 Å². The second kappa shape index (κ2) is 8.84. The Morgan fingerprint density at radius 1 is 1.12 bits per heavy atom. The smallest absolute Gasteiger partial charge is 0.334 e. The van der Waals surface area contributed by atoms with Crippen molar-refractivity contribution < 1.29 is 49.0 Å². The van der Waals surface area contributed by atoms with E-state index in [2.05, 4.69) is 13.2 Å². The Bertz CT molecular complexity index is 892. The van der Waals surface area contributed by atoms with E-state index in [1.165, 1.54) is 6.92 Å². The predicted octanol–water partition coefficient (Wildman–Crippen LogP) is -0.298. The highest BCUT2D eigenvalue weighted by Crippen LogP contribution is 2.53. The molecule has 4 N–H and O–H groups in total. The summed E-state index contributed by atoms with van der Waals surface area (Å²) in [4.78, 5) is 24.1. The van der Waals surface area contributed by atoms with Gasteiger partial charge in [0.2, 0.25) is 6.29 Å². The first-order valence-corrected chi connectivity index (χ1v) is 11.0. The third-order valence-electron chi connectivity index (χ3n) is 7.21. The van der Waals surface area contributed by atoms with Crippen LogP contribution in [0.25, 0.3) is 0 Å². The minimum absolute atomic E-state index is 0.184. The Morgan fingerprint density at radius 2 is 1.82 bits per heavy atom. The van der Waals surface area contributed by atoms with Crippen molar-refractivity contribution in [3.05, 3.63) is 35.6 Å². The maximum atomic E-state index is 12.4. The second-order valence-corrected chi connectivity index (χ2v) is 9.19. The van der Waals surface area contributed by atoms with Crippen molar-refractivity contribution >= 4 is 11.9 Å². The van der Waals surface area contributed by atoms with Crippen molar-refractivity contribution in [1.82, 2.24) is 0 Å². The number of aliphatic hydroxyl groups is 4. The molecule has 0 bridgehead atoms. The fraction of sp³-hybridized carbons (Fsp3) is 0.652. The van der Waals surface area contributed by atoms with E-state index >= 15 is 0 Å². The summed E-state index contributed by atoms with van der Waals surface area (Å²) in [5, 5.41) is 39.8. The van der Waals surface area contributed by atoms with E-state index in [9.17, 15) is 30.0 Å². The summed E-state index contributed by atoms with van der Waals surface area (Å²) in [5.41, 5.74) is 1.80. The summed E-state index contributed by atoms with van der Waals surface area (Å²) in [6.45, 7) is 10.6. The molecule has 10 atom stereocenters. The Kier molecular flexibility index (Phi) is 6.41. The minimum atomic E-state index is -1.56. The topological polar surface area (TPSA) is 152 Å². The van der Waals surface area contributed by atoms with Crippen LogP contribution in [0.1, 0.15) is 26.7 Å². The Balaban J connectivity index is 1.63. The molecule has 2 heterocycles. The first-order chi connectivity index (χ1) is 15.5. The zero-order valence-corrected chi connectivity index (χ0v) is 18.5. The highest BCUT2D eigenvalue weighted by Gasteiger charge is 2.56. The van der Waals surface area contributed by atoms with Crippen molar-refractivity contribution in [3.63, 3.8) is 0 Å². The third-order valence-corrected chi connectivity index (χ3v) is 7.21. The lowest BCUT2D eigenvalue weighted by atomic mass is 9.80. The first-order valence-electron chi connectivity index (χ1n) is 11.0. The van der Waals surface area contributed by atoms with Gasteiger partial charge >= 0.3 is 11.9 Å². The van der Waals surface area contributed by atoms with Gasteiger partial charge in [-0.1, -0.05) is 18.7 Å². The van der Waals surface area contributed by atoms with Crippen molar-refractivity contribution in [2.24, 2.45) is 17.8 Å². The summed E-state index contributed by atoms with van der Waals surface area (Å²) in [6.07, 6.45) is -7.55. The second-order valence-electron chi connectivity index (χ2n) is 9.19. The highest BCUT2D eigenvalue weighted by atomic mass is 16.7. The van der Waals surface area contributed by atoms with Crippen molar-refractivity contribution in [3.8, 4) is 0 Å². The molecule has 0 aromatic carbocycles. The largest absolute Gasteiger partial charge is 0.466 e. The Hall–Kier alpha value is -2.24.